The third kappa shape index (κ3) is 6.66. The van der Waals surface area contributed by atoms with Crippen LogP contribution < -0.4 is 20.1 Å². The number of carbonyl (C=O) groups excluding carboxylic acids is 1. The number of amides is 2. The van der Waals surface area contributed by atoms with Gasteiger partial charge in [-0.15, -0.1) is 0 Å². The number of rotatable bonds is 9. The van der Waals surface area contributed by atoms with Crippen LogP contribution in [0.2, 0.25) is 0 Å². The molecular weight excluding hydrogens is 448 g/mol. The zero-order chi connectivity index (χ0) is 25.3. The molecule has 0 fully saturated rings. The molecule has 4 rings (SSSR count). The first-order valence-corrected chi connectivity index (χ1v) is 12.1. The summed E-state index contributed by atoms with van der Waals surface area (Å²) in [6.45, 7) is 4.34. The molecule has 0 spiro atoms. The van der Waals surface area contributed by atoms with Gasteiger partial charge in [-0.1, -0.05) is 80.6 Å². The van der Waals surface area contributed by atoms with Crippen LogP contribution in [0, 0.1) is 5.92 Å². The molecule has 2 amide bonds. The van der Waals surface area contributed by atoms with Crippen molar-refractivity contribution in [2.24, 2.45) is 5.92 Å². The number of ether oxygens (including phenoxy) is 2. The molecule has 0 aliphatic rings. The molecule has 4 aromatic carbocycles. The summed E-state index contributed by atoms with van der Waals surface area (Å²) in [6.07, 6.45) is 0.576. The topological polar surface area (TPSA) is 59.6 Å². The smallest absolute Gasteiger partial charge is 0.323 e. The molecule has 36 heavy (non-hydrogen) atoms. The normalized spacial score (nSPS) is 10.8. The van der Waals surface area contributed by atoms with Gasteiger partial charge in [-0.05, 0) is 59.4 Å². The van der Waals surface area contributed by atoms with E-state index in [1.165, 1.54) is 0 Å². The zero-order valence-corrected chi connectivity index (χ0v) is 20.9. The number of nitrogens with one attached hydrogen (secondary N) is 2. The van der Waals surface area contributed by atoms with Gasteiger partial charge in [0.15, 0.2) is 0 Å². The summed E-state index contributed by atoms with van der Waals surface area (Å²) in [7, 11) is 1.60. The van der Waals surface area contributed by atoms with E-state index in [0.29, 0.717) is 23.0 Å². The lowest BCUT2D eigenvalue weighted by Crippen LogP contribution is -2.19. The van der Waals surface area contributed by atoms with Crippen molar-refractivity contribution in [3.8, 4) is 11.5 Å². The van der Waals surface area contributed by atoms with Gasteiger partial charge in [-0.2, -0.15) is 0 Å². The van der Waals surface area contributed by atoms with Gasteiger partial charge in [-0.25, -0.2) is 4.79 Å². The number of hydrogen-bond donors (Lipinski definition) is 2. The molecule has 0 heterocycles. The minimum Gasteiger partial charge on any atom is -0.497 e. The van der Waals surface area contributed by atoms with E-state index in [4.69, 9.17) is 9.47 Å². The lowest BCUT2D eigenvalue weighted by molar-refractivity contribution is 0.244. The molecule has 5 nitrogen and oxygen atoms in total. The fourth-order valence-corrected chi connectivity index (χ4v) is 4.08. The highest BCUT2D eigenvalue weighted by molar-refractivity contribution is 5.99. The Balaban J connectivity index is 1.57. The van der Waals surface area contributed by atoms with Crippen molar-refractivity contribution in [2.45, 2.75) is 26.4 Å². The molecule has 4 aromatic rings. The summed E-state index contributed by atoms with van der Waals surface area (Å²) >= 11 is 0. The van der Waals surface area contributed by atoms with Gasteiger partial charge in [0.05, 0.1) is 7.11 Å². The molecule has 5 heteroatoms. The van der Waals surface area contributed by atoms with E-state index in [9.17, 15) is 4.79 Å². The Kier molecular flexibility index (Phi) is 8.24. The van der Waals surface area contributed by atoms with Crippen LogP contribution in [0.5, 0.6) is 11.5 Å². The van der Waals surface area contributed by atoms with Crippen LogP contribution in [0.1, 0.15) is 36.6 Å². The Labute approximate surface area is 213 Å². The zero-order valence-electron chi connectivity index (χ0n) is 20.9. The monoisotopic (exact) mass is 480 g/mol. The maximum Gasteiger partial charge on any atom is 0.323 e. The predicted octanol–water partition coefficient (Wildman–Crippen LogP) is 7.71. The molecule has 0 saturated carbocycles. The molecule has 0 atom stereocenters. The van der Waals surface area contributed by atoms with Crippen LogP contribution in [0.4, 0.5) is 16.2 Å². The highest BCUT2D eigenvalue weighted by Gasteiger charge is 2.18. The van der Waals surface area contributed by atoms with Crippen molar-refractivity contribution < 1.29 is 14.3 Å². The first-order chi connectivity index (χ1) is 17.5. The number of benzene rings is 4. The first kappa shape index (κ1) is 24.9. The van der Waals surface area contributed by atoms with Crippen molar-refractivity contribution in [2.75, 3.05) is 17.7 Å². The van der Waals surface area contributed by atoms with Crippen LogP contribution in [0.25, 0.3) is 0 Å². The SMILES string of the molecule is COc1cccc(NC(=O)Nc2ccc(OC(c3ccccc3)c3ccccc3)c(CC(C)C)c2)c1. The van der Waals surface area contributed by atoms with Crippen molar-refractivity contribution in [3.05, 3.63) is 120 Å². The van der Waals surface area contributed by atoms with Crippen LogP contribution in [0.15, 0.2) is 103 Å². The lowest BCUT2D eigenvalue weighted by atomic mass is 9.99. The fraction of sp³-hybridized carbons (Fsp3) is 0.194. The number of hydrogen-bond acceptors (Lipinski definition) is 3. The van der Waals surface area contributed by atoms with Gasteiger partial charge >= 0.3 is 6.03 Å². The molecule has 0 aliphatic carbocycles. The number of anilines is 2. The second kappa shape index (κ2) is 11.9. The van der Waals surface area contributed by atoms with E-state index in [2.05, 4.69) is 48.7 Å². The Morgan fingerprint density at radius 2 is 1.36 bits per heavy atom. The molecule has 0 aliphatic heterocycles. The molecule has 0 aromatic heterocycles. The molecule has 0 saturated heterocycles. The van der Waals surface area contributed by atoms with E-state index < -0.39 is 0 Å². The standard InChI is InChI=1S/C31H32N2O3/c1-22(2)19-25-20-27(33-31(34)32-26-15-10-16-28(21-26)35-3)17-18-29(25)36-30(23-11-6-4-7-12-23)24-13-8-5-9-14-24/h4-18,20-22,30H,19H2,1-3H3,(H2,32,33,34). The van der Waals surface area contributed by atoms with Gasteiger partial charge in [0.2, 0.25) is 0 Å². The summed E-state index contributed by atoms with van der Waals surface area (Å²) in [5.74, 6) is 1.90. The highest BCUT2D eigenvalue weighted by atomic mass is 16.5. The maximum atomic E-state index is 12.7. The van der Waals surface area contributed by atoms with E-state index in [0.717, 1.165) is 28.9 Å². The summed E-state index contributed by atoms with van der Waals surface area (Å²) in [6, 6.07) is 33.2. The number of urea groups is 1. The van der Waals surface area contributed by atoms with Crippen molar-refractivity contribution in [3.63, 3.8) is 0 Å². The minimum atomic E-state index is -0.320. The molecule has 184 valence electrons. The summed E-state index contributed by atoms with van der Waals surface area (Å²) in [4.78, 5) is 12.7. The lowest BCUT2D eigenvalue weighted by Gasteiger charge is -2.23. The molecule has 0 radical (unpaired) electrons. The average Bonchev–Trinajstić information content (AvgIpc) is 2.89. The van der Waals surface area contributed by atoms with Crippen LogP contribution in [-0.2, 0) is 6.42 Å². The van der Waals surface area contributed by atoms with E-state index in [1.807, 2.05) is 72.8 Å². The number of carbonyl (C=O) groups is 1. The fourth-order valence-electron chi connectivity index (χ4n) is 4.08. The molecule has 0 unspecified atom stereocenters. The van der Waals surface area contributed by atoms with Crippen LogP contribution in [0.3, 0.4) is 0 Å². The van der Waals surface area contributed by atoms with Crippen LogP contribution in [-0.4, -0.2) is 13.1 Å². The Bertz CT molecular complexity index is 1230. The minimum absolute atomic E-state index is 0.242. The molecule has 0 bridgehead atoms. The van der Waals surface area contributed by atoms with Gasteiger partial charge in [0.1, 0.15) is 17.6 Å². The summed E-state index contributed by atoms with van der Waals surface area (Å²) in [5.41, 5.74) is 4.57. The molecule has 2 N–H and O–H groups in total. The van der Waals surface area contributed by atoms with Crippen molar-refractivity contribution >= 4 is 17.4 Å². The van der Waals surface area contributed by atoms with Gasteiger partial charge in [0.25, 0.3) is 0 Å². The van der Waals surface area contributed by atoms with Crippen LogP contribution >= 0.6 is 0 Å². The van der Waals surface area contributed by atoms with E-state index in [-0.39, 0.29) is 12.1 Å². The number of methoxy groups -OCH3 is 1. The van der Waals surface area contributed by atoms with E-state index >= 15 is 0 Å². The van der Waals surface area contributed by atoms with E-state index in [1.54, 1.807) is 13.2 Å². The first-order valence-electron chi connectivity index (χ1n) is 12.1. The Hall–Kier alpha value is -4.25. The van der Waals surface area contributed by atoms with Gasteiger partial charge in [-0.3, -0.25) is 0 Å². The molecular formula is C31H32N2O3. The summed E-state index contributed by atoms with van der Waals surface area (Å²) in [5, 5.41) is 5.79. The van der Waals surface area contributed by atoms with Gasteiger partial charge < -0.3 is 20.1 Å². The van der Waals surface area contributed by atoms with Crippen molar-refractivity contribution in [1.82, 2.24) is 0 Å². The summed E-state index contributed by atoms with van der Waals surface area (Å²) < 4.78 is 11.9. The van der Waals surface area contributed by atoms with Crippen molar-refractivity contribution in [1.29, 1.82) is 0 Å². The quantitative estimate of drug-likeness (QED) is 0.258. The second-order valence-electron chi connectivity index (χ2n) is 9.05. The second-order valence-corrected chi connectivity index (χ2v) is 9.05. The predicted molar refractivity (Wildman–Crippen MR) is 146 cm³/mol. The third-order valence-corrected chi connectivity index (χ3v) is 5.72. The Morgan fingerprint density at radius 1 is 0.750 bits per heavy atom. The largest absolute Gasteiger partial charge is 0.497 e. The van der Waals surface area contributed by atoms with Gasteiger partial charge in [0, 0.05) is 17.4 Å². The average molecular weight is 481 g/mol. The Morgan fingerprint density at radius 3 is 1.94 bits per heavy atom. The third-order valence-electron chi connectivity index (χ3n) is 5.72. The highest BCUT2D eigenvalue weighted by Crippen LogP contribution is 2.33. The maximum absolute atomic E-state index is 12.7.